The summed E-state index contributed by atoms with van der Waals surface area (Å²) in [6.07, 6.45) is 6.41. The van der Waals surface area contributed by atoms with Crippen LogP contribution in [-0.4, -0.2) is 0 Å². The Morgan fingerprint density at radius 3 is 1.78 bits per heavy atom. The molecule has 0 fully saturated rings. The van der Waals surface area contributed by atoms with Gasteiger partial charge in [-0.3, -0.25) is 0 Å². The normalized spacial score (nSPS) is 12.7. The highest BCUT2D eigenvalue weighted by molar-refractivity contribution is 7.26. The van der Waals surface area contributed by atoms with Crippen molar-refractivity contribution in [3.8, 4) is 22.3 Å². The van der Waals surface area contributed by atoms with Gasteiger partial charge >= 0.3 is 0 Å². The molecule has 0 bridgehead atoms. The number of hydrogen-bond donors (Lipinski definition) is 0. The quantitative estimate of drug-likeness (QED) is 0.131. The third-order valence-electron chi connectivity index (χ3n) is 11.4. The molecular weight excluding hydrogens is 673 g/mol. The minimum atomic E-state index is 0.934. The monoisotopic (exact) mass is 706 g/mol. The predicted molar refractivity (Wildman–Crippen MR) is 236 cm³/mol. The van der Waals surface area contributed by atoms with Crippen molar-refractivity contribution in [1.82, 2.24) is 0 Å². The molecule has 0 saturated carbocycles. The molecule has 9 aromatic carbocycles. The van der Waals surface area contributed by atoms with Crippen molar-refractivity contribution < 1.29 is 4.42 Å². The highest BCUT2D eigenvalue weighted by atomic mass is 32.1. The van der Waals surface area contributed by atoms with E-state index in [-0.39, 0.29) is 0 Å². The molecule has 0 aliphatic carbocycles. The third kappa shape index (κ3) is 4.50. The minimum Gasteiger partial charge on any atom is -0.455 e. The van der Waals surface area contributed by atoms with E-state index in [1.807, 2.05) is 17.4 Å². The zero-order valence-electron chi connectivity index (χ0n) is 30.0. The molecule has 2 heterocycles. The number of rotatable bonds is 4. The van der Waals surface area contributed by atoms with E-state index in [0.29, 0.717) is 0 Å². The largest absolute Gasteiger partial charge is 0.455 e. The summed E-state index contributed by atoms with van der Waals surface area (Å²) in [7, 11) is 0. The number of fused-ring (bicyclic) bond motifs is 12. The van der Waals surface area contributed by atoms with Gasteiger partial charge in [-0.05, 0) is 110 Å². The lowest BCUT2D eigenvalue weighted by Crippen LogP contribution is -1.93. The summed E-state index contributed by atoms with van der Waals surface area (Å²) in [6.45, 7) is 4.27. The van der Waals surface area contributed by atoms with Crippen LogP contribution in [-0.2, 0) is 0 Å². The van der Waals surface area contributed by atoms with Crippen LogP contribution in [0.1, 0.15) is 19.4 Å². The summed E-state index contributed by atoms with van der Waals surface area (Å²) < 4.78 is 9.04. The van der Waals surface area contributed by atoms with Crippen LogP contribution < -0.4 is 0 Å². The van der Waals surface area contributed by atoms with Crippen molar-refractivity contribution in [2.24, 2.45) is 0 Å². The molecule has 254 valence electrons. The second-order valence-corrected chi connectivity index (χ2v) is 15.4. The molecule has 2 aromatic heterocycles. The lowest BCUT2D eigenvalue weighted by Gasteiger charge is -2.20. The van der Waals surface area contributed by atoms with Crippen LogP contribution in [0.4, 0.5) is 0 Å². The van der Waals surface area contributed by atoms with Gasteiger partial charge in [0, 0.05) is 41.7 Å². The fraction of sp³-hybridized carbons (Fsp3) is 0.0385. The number of para-hydroxylation sites is 1. The molecule has 54 heavy (non-hydrogen) atoms. The number of thiophene rings is 1. The first-order valence-electron chi connectivity index (χ1n) is 18.6. The van der Waals surface area contributed by atoms with Gasteiger partial charge in [-0.1, -0.05) is 140 Å². The van der Waals surface area contributed by atoms with Gasteiger partial charge < -0.3 is 4.42 Å². The van der Waals surface area contributed by atoms with Crippen LogP contribution in [0.5, 0.6) is 0 Å². The molecule has 0 N–H and O–H groups in total. The van der Waals surface area contributed by atoms with Crippen LogP contribution >= 0.6 is 11.3 Å². The van der Waals surface area contributed by atoms with Gasteiger partial charge in [0.2, 0.25) is 0 Å². The smallest absolute Gasteiger partial charge is 0.143 e. The van der Waals surface area contributed by atoms with Crippen molar-refractivity contribution >= 4 is 102 Å². The molecule has 0 saturated heterocycles. The topological polar surface area (TPSA) is 13.1 Å². The predicted octanol–water partition coefficient (Wildman–Crippen LogP) is 15.9. The SMILES string of the molecule is C/C=C\C=C(/C)c1ccc(-c2c3ccccc3c(-c3ccc4sc5c(ccc6c5ccc5c7ccccc7oc56)c4c3)c3ccccc23)c2ccccc12. The maximum Gasteiger partial charge on any atom is 0.143 e. The van der Waals surface area contributed by atoms with Crippen LogP contribution in [0.2, 0.25) is 0 Å². The van der Waals surface area contributed by atoms with E-state index < -0.39 is 0 Å². The van der Waals surface area contributed by atoms with Gasteiger partial charge in [-0.25, -0.2) is 0 Å². The summed E-state index contributed by atoms with van der Waals surface area (Å²) >= 11 is 1.88. The molecular formula is C52H34OS. The average Bonchev–Trinajstić information content (AvgIpc) is 3.80. The molecule has 1 nitrogen and oxygen atoms in total. The van der Waals surface area contributed by atoms with Gasteiger partial charge in [0.15, 0.2) is 0 Å². The maximum atomic E-state index is 6.44. The molecule has 2 heteroatoms. The van der Waals surface area contributed by atoms with E-state index in [4.69, 9.17) is 4.42 Å². The number of hydrogen-bond acceptors (Lipinski definition) is 2. The first kappa shape index (κ1) is 31.1. The second kappa shape index (κ2) is 12.0. The number of allylic oxidation sites excluding steroid dienone is 4. The maximum absolute atomic E-state index is 6.44. The second-order valence-electron chi connectivity index (χ2n) is 14.3. The highest BCUT2D eigenvalue weighted by Crippen LogP contribution is 2.48. The number of benzene rings is 9. The van der Waals surface area contributed by atoms with Crippen molar-refractivity contribution in [3.63, 3.8) is 0 Å². The standard InChI is InChI=1S/C52H34OS/c1-3-4-13-31(2)33-23-24-41(35-15-6-5-14-34(33)35)50-39-19-9-7-17-37(39)49(38-18-8-10-20-40(38)50)32-22-29-48-46(30-32)45-28-26-43-44(52(45)54-48)27-25-42-36-16-11-12-21-47(36)53-51(42)43/h3-30H,1-2H3/b4-3-,31-13+. The lowest BCUT2D eigenvalue weighted by atomic mass is 9.83. The molecule has 0 unspecified atom stereocenters. The minimum absolute atomic E-state index is 0.934. The van der Waals surface area contributed by atoms with Crippen molar-refractivity contribution in [1.29, 1.82) is 0 Å². The molecule has 0 spiro atoms. The molecule has 0 radical (unpaired) electrons. The Morgan fingerprint density at radius 1 is 0.500 bits per heavy atom. The Labute approximate surface area is 316 Å². The fourth-order valence-corrected chi connectivity index (χ4v) is 10.1. The molecule has 0 atom stereocenters. The van der Waals surface area contributed by atoms with Crippen LogP contribution in [0.15, 0.2) is 174 Å². The summed E-state index contributed by atoms with van der Waals surface area (Å²) in [6, 6.07) is 56.0. The van der Waals surface area contributed by atoms with E-state index in [9.17, 15) is 0 Å². The summed E-state index contributed by atoms with van der Waals surface area (Å²) in [5, 5.41) is 14.9. The van der Waals surface area contributed by atoms with E-state index in [1.165, 1.54) is 107 Å². The Bertz CT molecular complexity index is 3350. The van der Waals surface area contributed by atoms with Gasteiger partial charge in [0.05, 0.1) is 0 Å². The summed E-state index contributed by atoms with van der Waals surface area (Å²) in [5.41, 5.74) is 9.49. The zero-order chi connectivity index (χ0) is 35.9. The first-order valence-corrected chi connectivity index (χ1v) is 19.4. The van der Waals surface area contributed by atoms with Gasteiger partial charge in [0.25, 0.3) is 0 Å². The van der Waals surface area contributed by atoms with Crippen LogP contribution in [0.3, 0.4) is 0 Å². The zero-order valence-corrected chi connectivity index (χ0v) is 30.8. The van der Waals surface area contributed by atoms with E-state index in [2.05, 4.69) is 178 Å². The summed E-state index contributed by atoms with van der Waals surface area (Å²) in [5.74, 6) is 0. The van der Waals surface area contributed by atoms with E-state index >= 15 is 0 Å². The molecule has 0 aliphatic rings. The summed E-state index contributed by atoms with van der Waals surface area (Å²) in [4.78, 5) is 0. The Hall–Kier alpha value is -6.48. The van der Waals surface area contributed by atoms with Crippen LogP contribution in [0.25, 0.3) is 113 Å². The average molecular weight is 707 g/mol. The lowest BCUT2D eigenvalue weighted by molar-refractivity contribution is 0.672. The molecule has 11 rings (SSSR count). The Morgan fingerprint density at radius 2 is 1.07 bits per heavy atom. The third-order valence-corrected chi connectivity index (χ3v) is 12.6. The molecule has 0 aliphatic heterocycles. The highest BCUT2D eigenvalue weighted by Gasteiger charge is 2.20. The molecule has 0 amide bonds. The Balaban J connectivity index is 1.15. The van der Waals surface area contributed by atoms with Gasteiger partial charge in [-0.15, -0.1) is 11.3 Å². The first-order chi connectivity index (χ1) is 26.7. The van der Waals surface area contributed by atoms with Crippen molar-refractivity contribution in [3.05, 3.63) is 175 Å². The number of furan rings is 1. The van der Waals surface area contributed by atoms with E-state index in [1.54, 1.807) is 0 Å². The Kier molecular flexibility index (Phi) is 6.92. The van der Waals surface area contributed by atoms with Gasteiger partial charge in [0.1, 0.15) is 11.2 Å². The fourth-order valence-electron chi connectivity index (χ4n) is 8.90. The van der Waals surface area contributed by atoms with Crippen LogP contribution in [0, 0.1) is 0 Å². The van der Waals surface area contributed by atoms with Crippen molar-refractivity contribution in [2.75, 3.05) is 0 Å². The van der Waals surface area contributed by atoms with E-state index in [0.717, 1.165) is 11.2 Å². The van der Waals surface area contributed by atoms with Crippen molar-refractivity contribution in [2.45, 2.75) is 13.8 Å². The molecule has 11 aromatic rings. The van der Waals surface area contributed by atoms with Gasteiger partial charge in [-0.2, -0.15) is 0 Å².